The predicted octanol–water partition coefficient (Wildman–Crippen LogP) is -4.07. The molecule has 0 aliphatic heterocycles. The second-order valence-corrected chi connectivity index (χ2v) is 2.32. The second kappa shape index (κ2) is 2.85. The molecule has 0 aliphatic rings. The number of rotatable bonds is 0. The zero-order chi connectivity index (χ0) is 4.50. The second-order valence-electron chi connectivity index (χ2n) is 0.447. The molecule has 0 atom stereocenters. The fourth-order valence-electron chi connectivity index (χ4n) is 0. The summed E-state index contributed by atoms with van der Waals surface area (Å²) in [5.41, 5.74) is 0. The van der Waals surface area contributed by atoms with E-state index in [0.717, 1.165) is 0 Å². The molecule has 0 saturated carbocycles. The number of hydrogen-bond donors (Lipinski definition) is 0. The van der Waals surface area contributed by atoms with Crippen molar-refractivity contribution >= 4 is 14.5 Å². The fraction of sp³-hybridized carbons (Fsp3) is 0. The Hall–Kier alpha value is 0.758. The summed E-state index contributed by atoms with van der Waals surface area (Å²) in [5, 5.41) is 0. The van der Waals surface area contributed by atoms with Crippen molar-refractivity contribution in [3.63, 3.8) is 0 Å². The van der Waals surface area contributed by atoms with E-state index >= 15 is 0 Å². The standard InChI is InChI=1S/AsH3O4.Cu/c2-1(3,4)5;/h(H3,2,3,4,5);/p-3. The fourth-order valence-corrected chi connectivity index (χ4v) is 0. The van der Waals surface area contributed by atoms with E-state index in [1.807, 2.05) is 0 Å². The molecule has 0 spiro atoms. The average molecular weight is 202 g/mol. The summed E-state index contributed by atoms with van der Waals surface area (Å²) in [6.07, 6.45) is 0. The third kappa shape index (κ3) is 117. The zero-order valence-corrected chi connectivity index (χ0v) is 5.20. The Bertz CT molecular complexity index is 53.7. The molecule has 0 unspecified atom stereocenters. The largest absolute Gasteiger partial charge is 0 e. The van der Waals surface area contributed by atoms with Crippen LogP contribution in [-0.4, -0.2) is 14.5 Å². The number of hydrogen-bond acceptors (Lipinski definition) is 4. The third-order valence-electron chi connectivity index (χ3n) is 0. The van der Waals surface area contributed by atoms with Crippen molar-refractivity contribution in [2.45, 2.75) is 0 Å². The Balaban J connectivity index is 0. The van der Waals surface area contributed by atoms with Crippen molar-refractivity contribution in [2.75, 3.05) is 0 Å². The minimum atomic E-state index is -5.88. The molecule has 6 heavy (non-hydrogen) atoms. The first-order chi connectivity index (χ1) is 2.00. The molecule has 0 aromatic carbocycles. The molecule has 1 radical (unpaired) electrons. The first-order valence-electron chi connectivity index (χ1n) is 0.730. The van der Waals surface area contributed by atoms with Gasteiger partial charge in [0.15, 0.2) is 0 Å². The van der Waals surface area contributed by atoms with Gasteiger partial charge in [-0.05, 0) is 0 Å². The van der Waals surface area contributed by atoms with E-state index in [-0.39, 0.29) is 17.1 Å². The Kier molecular flexibility index (Phi) is 4.71. The first-order valence-corrected chi connectivity index (χ1v) is 3.79. The summed E-state index contributed by atoms with van der Waals surface area (Å²) in [7, 11) is 0. The molecule has 0 rings (SSSR count). The van der Waals surface area contributed by atoms with Crippen LogP contribution in [0.15, 0.2) is 0 Å². The van der Waals surface area contributed by atoms with Crippen molar-refractivity contribution < 1.29 is 33.1 Å². The van der Waals surface area contributed by atoms with Gasteiger partial charge in [-0.2, -0.15) is 0 Å². The van der Waals surface area contributed by atoms with Crippen LogP contribution >= 0.6 is 0 Å². The maximum absolute atomic E-state index is 8.61. The minimum Gasteiger partial charge on any atom is 0 e. The van der Waals surface area contributed by atoms with Gasteiger partial charge in [-0.15, -0.1) is 0 Å². The van der Waals surface area contributed by atoms with Crippen LogP contribution in [0.2, 0.25) is 0 Å². The van der Waals surface area contributed by atoms with Crippen LogP contribution in [-0.2, 0) is 20.8 Å². The summed E-state index contributed by atoms with van der Waals surface area (Å²) >= 11 is -5.88. The Morgan fingerprint density at radius 1 is 1.17 bits per heavy atom. The van der Waals surface area contributed by atoms with E-state index < -0.39 is 14.5 Å². The normalized spacial score (nSPS) is 9.83. The molecule has 4 nitrogen and oxygen atoms in total. The van der Waals surface area contributed by atoms with Crippen LogP contribution in [0.3, 0.4) is 0 Å². The quantitative estimate of drug-likeness (QED) is 0.374. The van der Waals surface area contributed by atoms with Gasteiger partial charge in [0.2, 0.25) is 0 Å². The molecule has 0 heterocycles. The van der Waals surface area contributed by atoms with Gasteiger partial charge in [0.1, 0.15) is 0 Å². The molecule has 0 aromatic heterocycles. The average Bonchev–Trinajstić information content (AvgIpc) is 0.722. The summed E-state index contributed by atoms with van der Waals surface area (Å²) in [4.78, 5) is 0. The molecule has 0 bridgehead atoms. The zero-order valence-electron chi connectivity index (χ0n) is 2.38. The van der Waals surface area contributed by atoms with Gasteiger partial charge in [0.25, 0.3) is 0 Å². The minimum absolute atomic E-state index is 0. The van der Waals surface area contributed by atoms with Crippen LogP contribution in [0.1, 0.15) is 0 Å². The van der Waals surface area contributed by atoms with E-state index in [1.165, 1.54) is 0 Å². The van der Waals surface area contributed by atoms with Crippen molar-refractivity contribution in [1.29, 1.82) is 0 Å². The van der Waals surface area contributed by atoms with Gasteiger partial charge in [-0.3, -0.25) is 0 Å². The van der Waals surface area contributed by atoms with Crippen molar-refractivity contribution in [3.05, 3.63) is 0 Å². The van der Waals surface area contributed by atoms with Gasteiger partial charge in [-0.25, -0.2) is 0 Å². The molecule has 0 saturated heterocycles. The van der Waals surface area contributed by atoms with E-state index in [1.54, 1.807) is 0 Å². The SMILES string of the molecule is O=[As]([O-])([O-])[O-].[Cu]. The molecule has 0 fully saturated rings. The van der Waals surface area contributed by atoms with Crippen molar-refractivity contribution in [1.82, 2.24) is 0 Å². The summed E-state index contributed by atoms with van der Waals surface area (Å²) < 4.78 is 34.4. The molecule has 0 aliphatic carbocycles. The van der Waals surface area contributed by atoms with Crippen LogP contribution in [0.5, 0.6) is 0 Å². The summed E-state index contributed by atoms with van der Waals surface area (Å²) in [6.45, 7) is 0. The van der Waals surface area contributed by atoms with Crippen molar-refractivity contribution in [3.8, 4) is 0 Å². The van der Waals surface area contributed by atoms with Gasteiger partial charge >= 0.3 is 30.5 Å². The molecule has 6 heteroatoms. The van der Waals surface area contributed by atoms with Crippen LogP contribution in [0.4, 0.5) is 0 Å². The smallest absolute Gasteiger partial charge is 0 e. The van der Waals surface area contributed by atoms with Crippen LogP contribution in [0, 0.1) is 0 Å². The van der Waals surface area contributed by atoms with Crippen LogP contribution in [0.25, 0.3) is 0 Å². The Morgan fingerprint density at radius 3 is 1.17 bits per heavy atom. The van der Waals surface area contributed by atoms with Gasteiger partial charge in [0, 0.05) is 17.1 Å². The molecular weight excluding hydrogens is 202 g/mol. The maximum atomic E-state index is 8.61. The monoisotopic (exact) mass is 202 g/mol. The Labute approximate surface area is 48.0 Å². The Morgan fingerprint density at radius 2 is 1.17 bits per heavy atom. The molecule has 43 valence electrons. The van der Waals surface area contributed by atoms with Gasteiger partial charge < -0.3 is 0 Å². The topological polar surface area (TPSA) is 86.2 Å². The summed E-state index contributed by atoms with van der Waals surface area (Å²) in [5.74, 6) is 0. The van der Waals surface area contributed by atoms with Gasteiger partial charge in [0.05, 0.1) is 0 Å². The van der Waals surface area contributed by atoms with Crippen LogP contribution < -0.4 is 12.3 Å². The van der Waals surface area contributed by atoms with E-state index in [0.29, 0.717) is 0 Å². The molecule has 0 aromatic rings. The van der Waals surface area contributed by atoms with E-state index in [9.17, 15) is 0 Å². The molecule has 0 N–H and O–H groups in total. The maximum Gasteiger partial charge on any atom is 0 e. The van der Waals surface area contributed by atoms with E-state index in [2.05, 4.69) is 0 Å². The molecular formula is AsCuO4-3. The first kappa shape index (κ1) is 9.90. The molecule has 0 amide bonds. The van der Waals surface area contributed by atoms with Crippen molar-refractivity contribution in [2.24, 2.45) is 0 Å². The summed E-state index contributed by atoms with van der Waals surface area (Å²) in [6, 6.07) is 0. The van der Waals surface area contributed by atoms with Gasteiger partial charge in [-0.1, -0.05) is 0 Å². The van der Waals surface area contributed by atoms with E-state index in [4.69, 9.17) is 16.0 Å². The third-order valence-corrected chi connectivity index (χ3v) is 0. The predicted molar refractivity (Wildman–Crippen MR) is 6.44 cm³/mol.